The Morgan fingerprint density at radius 2 is 1.13 bits per heavy atom. The molecule has 0 aliphatic carbocycles. The second-order valence-electron chi connectivity index (χ2n) is 26.3. The highest BCUT2D eigenvalue weighted by Crippen LogP contribution is 2.64. The summed E-state index contributed by atoms with van der Waals surface area (Å²) in [4.78, 5) is 49.3. The minimum absolute atomic E-state index is 0.140. The number of amides is 1. The number of pyridine rings is 6. The van der Waals surface area contributed by atoms with E-state index in [1.165, 1.54) is 47.0 Å². The fraction of sp³-hybridized carbons (Fsp3) is 0.293. The third-order valence-electron chi connectivity index (χ3n) is 19.8. The number of hydrogen-bond acceptors (Lipinski definition) is 34. The fourth-order valence-corrected chi connectivity index (χ4v) is 20.6. The Bertz CT molecular complexity index is 5760. The number of ether oxygens (including phenoxy) is 13. The van der Waals surface area contributed by atoms with Gasteiger partial charge in [-0.1, -0.05) is 29.6 Å². The van der Waals surface area contributed by atoms with E-state index < -0.39 is 11.4 Å². The molecule has 29 nitrogen and oxygen atoms in total. The first-order valence-electron chi connectivity index (χ1n) is 35.6. The van der Waals surface area contributed by atoms with Crippen LogP contribution in [0.3, 0.4) is 0 Å². The molecule has 10 aromatic heterocycles. The highest BCUT2D eigenvalue weighted by molar-refractivity contribution is 8.01. The van der Waals surface area contributed by atoms with Crippen LogP contribution in [0.2, 0.25) is 0 Å². The van der Waals surface area contributed by atoms with E-state index in [0.29, 0.717) is 239 Å². The summed E-state index contributed by atoms with van der Waals surface area (Å²) in [6.45, 7) is 3.92. The van der Waals surface area contributed by atoms with E-state index in [2.05, 4.69) is 21.6 Å². The van der Waals surface area contributed by atoms with Crippen LogP contribution in [0, 0.1) is 0 Å². The number of fused-ring (bicyclic) bond motifs is 11. The number of aromatic nitrogens is 14. The van der Waals surface area contributed by atoms with Crippen molar-refractivity contribution in [3.63, 3.8) is 0 Å². The number of carbonyl (C=O) groups excluding carboxylic acids is 1. The first-order chi connectivity index (χ1) is 54.4. The molecular formula is C75H55N15O14S6. The SMILES string of the molecule is O=C1CSc2ccc(-c3c(-c4c(-c5c(-c6c(C7Oc8c(c(-c9cc%10c(cn9)OCCC%10)nc(-c9cnnc%10c9CCCO%10)c8-c8cc9c(cn8)OCCS9)SC7c7ccc8c(c7)OCCO8)nc(-c7cc8c(cn7)OCCO8)c7c6SCO7)nnc6c5OCCS6)nnc5c4SCCO5)nnc4c3OCCO4)nc2N1. The van der Waals surface area contributed by atoms with Crippen LogP contribution < -0.4 is 66.9 Å². The molecule has 0 saturated heterocycles. The zero-order valence-corrected chi connectivity index (χ0v) is 62.5. The molecule has 1 aromatic carbocycles. The van der Waals surface area contributed by atoms with Crippen molar-refractivity contribution in [2.45, 2.75) is 66.5 Å². The van der Waals surface area contributed by atoms with Crippen LogP contribution in [0.1, 0.15) is 46.6 Å². The van der Waals surface area contributed by atoms with Gasteiger partial charge in [0.25, 0.3) is 5.88 Å². The van der Waals surface area contributed by atoms with E-state index in [9.17, 15) is 4.79 Å². The van der Waals surface area contributed by atoms with Gasteiger partial charge in [0.2, 0.25) is 17.7 Å². The van der Waals surface area contributed by atoms with Gasteiger partial charge in [-0.05, 0) is 73.2 Å². The predicted molar refractivity (Wildman–Crippen MR) is 404 cm³/mol. The number of aryl methyl sites for hydroxylation is 1. The maximum atomic E-state index is 13.1. The average Bonchev–Trinajstić information content (AvgIpc) is 1.05. The second-order valence-corrected chi connectivity index (χ2v) is 32.7. The summed E-state index contributed by atoms with van der Waals surface area (Å²) in [5, 5.41) is 42.5. The third kappa shape index (κ3) is 11.4. The first kappa shape index (κ1) is 66.4. The minimum atomic E-state index is -1.16. The van der Waals surface area contributed by atoms with E-state index >= 15 is 0 Å². The largest absolute Gasteiger partial charge is 0.492 e. The smallest absolute Gasteiger partial charge is 0.277 e. The zero-order chi connectivity index (χ0) is 72.5. The molecule has 11 aliphatic heterocycles. The van der Waals surface area contributed by atoms with E-state index in [1.807, 2.05) is 42.5 Å². The van der Waals surface area contributed by atoms with Gasteiger partial charge in [0.05, 0.1) is 150 Å². The molecule has 0 radical (unpaired) electrons. The molecule has 22 rings (SSSR count). The van der Waals surface area contributed by atoms with Crippen LogP contribution in [0.25, 0.3) is 90.3 Å². The molecule has 1 amide bonds. The number of benzene rings is 1. The highest BCUT2D eigenvalue weighted by Gasteiger charge is 2.47. The number of rotatable bonds is 10. The van der Waals surface area contributed by atoms with Gasteiger partial charge in [0.15, 0.2) is 57.1 Å². The summed E-state index contributed by atoms with van der Waals surface area (Å²) >= 11 is 9.08. The van der Waals surface area contributed by atoms with Gasteiger partial charge >= 0.3 is 0 Å². The topological polar surface area (TPSA) is 330 Å². The Morgan fingerprint density at radius 3 is 2.06 bits per heavy atom. The van der Waals surface area contributed by atoms with Crippen LogP contribution in [0.4, 0.5) is 5.82 Å². The molecule has 0 fully saturated rings. The summed E-state index contributed by atoms with van der Waals surface area (Å²) in [7, 11) is 0. The van der Waals surface area contributed by atoms with Gasteiger partial charge in [-0.15, -0.1) is 82.7 Å². The van der Waals surface area contributed by atoms with Crippen LogP contribution in [0.5, 0.6) is 75.1 Å². The summed E-state index contributed by atoms with van der Waals surface area (Å²) in [6.07, 6.45) is 8.70. The Morgan fingerprint density at radius 1 is 0.418 bits per heavy atom. The Labute approximate surface area is 649 Å². The van der Waals surface area contributed by atoms with E-state index in [0.717, 1.165) is 45.7 Å². The van der Waals surface area contributed by atoms with Crippen molar-refractivity contribution in [1.82, 2.24) is 70.7 Å². The van der Waals surface area contributed by atoms with Crippen molar-refractivity contribution in [2.75, 3.05) is 107 Å². The van der Waals surface area contributed by atoms with Gasteiger partial charge < -0.3 is 66.9 Å². The fourth-order valence-electron chi connectivity index (χ4n) is 15.0. The van der Waals surface area contributed by atoms with Gasteiger partial charge in [-0.2, -0.15) is 5.10 Å². The Kier molecular flexibility index (Phi) is 16.6. The van der Waals surface area contributed by atoms with Crippen molar-refractivity contribution in [3.05, 3.63) is 95.7 Å². The molecule has 0 spiro atoms. The van der Waals surface area contributed by atoms with Crippen LogP contribution in [-0.4, -0.2) is 178 Å². The Balaban J connectivity index is 0.851. The molecular weight excluding hydrogens is 1530 g/mol. The molecule has 1 N–H and O–H groups in total. The molecule has 2 atom stereocenters. The second kappa shape index (κ2) is 27.5. The van der Waals surface area contributed by atoms with Crippen molar-refractivity contribution in [1.29, 1.82) is 0 Å². The number of carbonyl (C=O) groups is 1. The van der Waals surface area contributed by atoms with Gasteiger partial charge in [-0.25, -0.2) is 15.0 Å². The lowest BCUT2D eigenvalue weighted by Gasteiger charge is -2.37. The van der Waals surface area contributed by atoms with Gasteiger partial charge in [-0.3, -0.25) is 19.7 Å². The van der Waals surface area contributed by atoms with E-state index in [-0.39, 0.29) is 72.0 Å². The lowest BCUT2D eigenvalue weighted by Crippen LogP contribution is -2.24. The van der Waals surface area contributed by atoms with Crippen LogP contribution in [-0.2, 0) is 17.6 Å². The average molecular weight is 1580 g/mol. The lowest BCUT2D eigenvalue weighted by atomic mass is 9.92. The predicted octanol–water partition coefficient (Wildman–Crippen LogP) is 12.4. The maximum Gasteiger partial charge on any atom is 0.277 e. The minimum Gasteiger partial charge on any atom is -0.492 e. The van der Waals surface area contributed by atoms with Crippen molar-refractivity contribution >= 4 is 82.3 Å². The summed E-state index contributed by atoms with van der Waals surface area (Å²) < 4.78 is 85.7. The number of nitrogens with one attached hydrogen (secondary N) is 1. The van der Waals surface area contributed by atoms with Crippen molar-refractivity contribution in [2.24, 2.45) is 0 Å². The lowest BCUT2D eigenvalue weighted by molar-refractivity contribution is -0.113. The normalized spacial score (nSPS) is 18.5. The Hall–Kier alpha value is -10.6. The molecule has 550 valence electrons. The van der Waals surface area contributed by atoms with Crippen molar-refractivity contribution in [3.8, 4) is 165 Å². The molecule has 35 heteroatoms. The van der Waals surface area contributed by atoms with Crippen molar-refractivity contribution < 1.29 is 66.4 Å². The molecule has 21 heterocycles. The number of thioether (sulfide) groups is 6. The third-order valence-corrected chi connectivity index (χ3v) is 26.1. The highest BCUT2D eigenvalue weighted by atomic mass is 32.2. The molecule has 2 unspecified atom stereocenters. The van der Waals surface area contributed by atoms with E-state index in [1.54, 1.807) is 48.3 Å². The zero-order valence-electron chi connectivity index (χ0n) is 57.7. The quantitative estimate of drug-likeness (QED) is 0.133. The van der Waals surface area contributed by atoms with Crippen LogP contribution >= 0.6 is 70.6 Å². The number of hydrogen-bond donors (Lipinski definition) is 1. The molecule has 110 heavy (non-hydrogen) atoms. The van der Waals surface area contributed by atoms with E-state index in [4.69, 9.17) is 122 Å². The number of nitrogens with zero attached hydrogens (tertiary/aromatic N) is 14. The van der Waals surface area contributed by atoms with Gasteiger partial charge in [0, 0.05) is 40.0 Å². The molecule has 11 aromatic rings. The summed E-state index contributed by atoms with van der Waals surface area (Å²) in [6, 6.07) is 15.7. The monoisotopic (exact) mass is 1580 g/mol. The molecule has 0 bridgehead atoms. The standard InChI is InChI=1S/C75H55N15O14S6/c91-49-31-108-47-8-6-37(80-71(47)81-49)50-58(84-88-73-63(50)98-15-16-101-73)53-59(85-89-74-69(53)106-21-19-102-74)52-60(86-90-75-64(52)99-18-22-107-75)54-61(83-56(65-68(54)109-32-103-65)40-25-43-45(29-78-40)96-14-13-95-43)66-67(34-5-7-41-42(24-34)94-12-11-93-41)110-70-57(39-23-33-3-1-9-92-44(33)28-77-39)82-55(36-27-79-87-72-35(36)4-2-10-100-72)51(62(70)104-66)38-26-48-46(30-76-38)97-17-20-105-48/h5-8,23-30,66-67H,1-4,9-22,31-32H2,(H,80,81,91). The molecule has 0 saturated carbocycles. The summed E-state index contributed by atoms with van der Waals surface area (Å²) in [5.74, 6) is 8.09. The van der Waals surface area contributed by atoms with Crippen LogP contribution in [0.15, 0.2) is 103 Å². The van der Waals surface area contributed by atoms with Gasteiger partial charge in [0.1, 0.15) is 91.4 Å². The summed E-state index contributed by atoms with van der Waals surface area (Å²) in [5.41, 5.74) is 9.99. The number of anilines is 1. The first-order valence-corrected chi connectivity index (χ1v) is 41.4. The molecule has 11 aliphatic rings. The maximum absolute atomic E-state index is 13.1.